The van der Waals surface area contributed by atoms with Gasteiger partial charge in [-0.05, 0) is 63.4 Å². The quantitative estimate of drug-likeness (QED) is 0.845. The zero-order valence-corrected chi connectivity index (χ0v) is 14.1. The van der Waals surface area contributed by atoms with Crippen molar-refractivity contribution in [2.45, 2.75) is 20.4 Å². The number of benzene rings is 1. The minimum atomic E-state index is -0.270. The average molecular weight is 391 g/mol. The van der Waals surface area contributed by atoms with Crippen LogP contribution in [-0.4, -0.2) is 9.78 Å². The third-order valence-electron chi connectivity index (χ3n) is 2.98. The maximum atomic E-state index is 13.5. The molecule has 3 nitrogen and oxygen atoms in total. The predicted octanol–water partition coefficient (Wildman–Crippen LogP) is 4.31. The molecular formula is C13H14Br2FN3. The Hall–Kier alpha value is -0.880. The van der Waals surface area contributed by atoms with Crippen molar-refractivity contribution in [2.75, 3.05) is 5.32 Å². The lowest BCUT2D eigenvalue weighted by Gasteiger charge is -2.11. The van der Waals surface area contributed by atoms with Gasteiger partial charge < -0.3 is 5.32 Å². The van der Waals surface area contributed by atoms with E-state index in [1.54, 1.807) is 6.07 Å². The van der Waals surface area contributed by atoms with E-state index in [-0.39, 0.29) is 5.82 Å². The van der Waals surface area contributed by atoms with Crippen LogP contribution in [0.4, 0.5) is 10.1 Å². The van der Waals surface area contributed by atoms with Crippen LogP contribution in [0.3, 0.4) is 0 Å². The summed E-state index contributed by atoms with van der Waals surface area (Å²) in [6, 6.07) is 3.26. The van der Waals surface area contributed by atoms with Gasteiger partial charge in [-0.25, -0.2) is 4.39 Å². The summed E-state index contributed by atoms with van der Waals surface area (Å²) < 4.78 is 16.8. The molecule has 0 saturated heterocycles. The second-order valence-electron chi connectivity index (χ2n) is 4.40. The molecule has 0 fully saturated rings. The highest BCUT2D eigenvalue weighted by Crippen LogP contribution is 2.26. The van der Waals surface area contributed by atoms with Crippen LogP contribution in [0.2, 0.25) is 0 Å². The van der Waals surface area contributed by atoms with Crippen LogP contribution >= 0.6 is 31.9 Å². The molecule has 0 aliphatic carbocycles. The molecule has 0 amide bonds. The Kier molecular flexibility index (Phi) is 4.30. The first-order chi connectivity index (χ1) is 8.90. The summed E-state index contributed by atoms with van der Waals surface area (Å²) in [5.74, 6) is -0.270. The fourth-order valence-electron chi connectivity index (χ4n) is 1.89. The van der Waals surface area contributed by atoms with Crippen LogP contribution < -0.4 is 5.32 Å². The number of rotatable bonds is 3. The number of hydrogen-bond donors (Lipinski definition) is 1. The molecule has 102 valence electrons. The van der Waals surface area contributed by atoms with E-state index in [0.717, 1.165) is 27.1 Å². The van der Waals surface area contributed by atoms with Crippen LogP contribution in [0, 0.1) is 19.7 Å². The van der Waals surface area contributed by atoms with E-state index in [9.17, 15) is 4.39 Å². The van der Waals surface area contributed by atoms with Crippen LogP contribution in [0.1, 0.15) is 17.0 Å². The number of aryl methyl sites for hydroxylation is 3. The van der Waals surface area contributed by atoms with Crippen molar-refractivity contribution in [3.63, 3.8) is 0 Å². The molecule has 0 aliphatic rings. The summed E-state index contributed by atoms with van der Waals surface area (Å²) in [5, 5.41) is 7.57. The van der Waals surface area contributed by atoms with E-state index < -0.39 is 0 Å². The number of anilines is 1. The molecule has 1 aromatic heterocycles. The van der Waals surface area contributed by atoms with Gasteiger partial charge in [-0.2, -0.15) is 5.10 Å². The third-order valence-corrected chi connectivity index (χ3v) is 4.61. The topological polar surface area (TPSA) is 29.9 Å². The van der Waals surface area contributed by atoms with E-state index in [1.807, 2.05) is 25.6 Å². The van der Waals surface area contributed by atoms with Crippen molar-refractivity contribution < 1.29 is 4.39 Å². The van der Waals surface area contributed by atoms with E-state index in [2.05, 4.69) is 42.3 Å². The van der Waals surface area contributed by atoms with Crippen molar-refractivity contribution in [2.24, 2.45) is 7.05 Å². The molecule has 0 radical (unpaired) electrons. The van der Waals surface area contributed by atoms with Gasteiger partial charge in [0.2, 0.25) is 0 Å². The van der Waals surface area contributed by atoms with Crippen molar-refractivity contribution in [1.29, 1.82) is 0 Å². The van der Waals surface area contributed by atoms with Crippen LogP contribution in [-0.2, 0) is 13.6 Å². The molecular weight excluding hydrogens is 377 g/mol. The number of aromatic nitrogens is 2. The Morgan fingerprint density at radius 2 is 2.00 bits per heavy atom. The third kappa shape index (κ3) is 3.00. The molecule has 0 aliphatic heterocycles. The van der Waals surface area contributed by atoms with Crippen LogP contribution in [0.15, 0.2) is 21.1 Å². The molecule has 0 bridgehead atoms. The highest BCUT2D eigenvalue weighted by Gasteiger charge is 2.11. The van der Waals surface area contributed by atoms with E-state index in [4.69, 9.17) is 0 Å². The summed E-state index contributed by atoms with van der Waals surface area (Å²) in [6.45, 7) is 4.47. The van der Waals surface area contributed by atoms with Gasteiger partial charge in [0.1, 0.15) is 5.82 Å². The Balaban J connectivity index is 2.21. The fraction of sp³-hybridized carbons (Fsp3) is 0.308. The van der Waals surface area contributed by atoms with Gasteiger partial charge in [0.25, 0.3) is 0 Å². The predicted molar refractivity (Wildman–Crippen MR) is 81.8 cm³/mol. The highest BCUT2D eigenvalue weighted by molar-refractivity contribution is 9.10. The minimum absolute atomic E-state index is 0.270. The summed E-state index contributed by atoms with van der Waals surface area (Å²) in [4.78, 5) is 0. The molecule has 1 aromatic carbocycles. The zero-order chi connectivity index (χ0) is 14.2. The van der Waals surface area contributed by atoms with Crippen molar-refractivity contribution in [3.05, 3.63) is 43.8 Å². The summed E-state index contributed by atoms with van der Waals surface area (Å²) >= 11 is 6.69. The number of hydrogen-bond acceptors (Lipinski definition) is 2. The first-order valence-corrected chi connectivity index (χ1v) is 7.36. The average Bonchev–Trinajstić information content (AvgIpc) is 2.57. The molecule has 0 unspecified atom stereocenters. The molecule has 6 heteroatoms. The lowest BCUT2D eigenvalue weighted by atomic mass is 10.2. The second kappa shape index (κ2) is 5.63. The van der Waals surface area contributed by atoms with Gasteiger partial charge in [0.15, 0.2) is 0 Å². The SMILES string of the molecule is Cc1cc(Br)c(F)cc1NCc1c(Br)c(C)nn1C. The zero-order valence-electron chi connectivity index (χ0n) is 10.9. The summed E-state index contributed by atoms with van der Waals surface area (Å²) in [6.07, 6.45) is 0. The van der Waals surface area contributed by atoms with Crippen molar-refractivity contribution >= 4 is 37.5 Å². The first kappa shape index (κ1) is 14.5. The van der Waals surface area contributed by atoms with Crippen molar-refractivity contribution in [3.8, 4) is 0 Å². The van der Waals surface area contributed by atoms with E-state index >= 15 is 0 Å². The molecule has 0 atom stereocenters. The highest BCUT2D eigenvalue weighted by atomic mass is 79.9. The summed E-state index contributed by atoms with van der Waals surface area (Å²) in [7, 11) is 1.89. The summed E-state index contributed by atoms with van der Waals surface area (Å²) in [5.41, 5.74) is 3.74. The maximum absolute atomic E-state index is 13.5. The smallest absolute Gasteiger partial charge is 0.139 e. The van der Waals surface area contributed by atoms with Gasteiger partial charge in [-0.15, -0.1) is 0 Å². The molecule has 1 heterocycles. The Bertz CT molecular complexity index is 623. The Labute approximate surface area is 128 Å². The van der Waals surface area contributed by atoms with Gasteiger partial charge in [0, 0.05) is 12.7 Å². The molecule has 2 rings (SSSR count). The van der Waals surface area contributed by atoms with Crippen LogP contribution in [0.5, 0.6) is 0 Å². The van der Waals surface area contributed by atoms with Gasteiger partial charge >= 0.3 is 0 Å². The molecule has 19 heavy (non-hydrogen) atoms. The number of nitrogens with zero attached hydrogens (tertiary/aromatic N) is 2. The van der Waals surface area contributed by atoms with Gasteiger partial charge in [-0.1, -0.05) is 0 Å². The monoisotopic (exact) mass is 389 g/mol. The number of halogens is 3. The Morgan fingerprint density at radius 1 is 1.32 bits per heavy atom. The second-order valence-corrected chi connectivity index (χ2v) is 6.05. The molecule has 0 spiro atoms. The normalized spacial score (nSPS) is 10.8. The molecule has 1 N–H and O–H groups in total. The van der Waals surface area contributed by atoms with E-state index in [0.29, 0.717) is 11.0 Å². The fourth-order valence-corrected chi connectivity index (χ4v) is 2.82. The standard InChI is InChI=1S/C13H14Br2FN3/c1-7-4-9(14)10(16)5-11(7)17-6-12-13(15)8(2)18-19(12)3/h4-5,17H,6H2,1-3H3. The largest absolute Gasteiger partial charge is 0.379 e. The Morgan fingerprint density at radius 3 is 2.58 bits per heavy atom. The lowest BCUT2D eigenvalue weighted by molar-refractivity contribution is 0.621. The first-order valence-electron chi connectivity index (χ1n) is 5.77. The molecule has 0 saturated carbocycles. The van der Waals surface area contributed by atoms with E-state index in [1.165, 1.54) is 6.07 Å². The maximum Gasteiger partial charge on any atom is 0.139 e. The lowest BCUT2D eigenvalue weighted by Crippen LogP contribution is -2.07. The van der Waals surface area contributed by atoms with Crippen LogP contribution in [0.25, 0.3) is 0 Å². The van der Waals surface area contributed by atoms with Gasteiger partial charge in [0.05, 0.1) is 26.9 Å². The minimum Gasteiger partial charge on any atom is -0.379 e. The number of nitrogens with one attached hydrogen (secondary N) is 1. The van der Waals surface area contributed by atoms with Crippen molar-refractivity contribution in [1.82, 2.24) is 9.78 Å². The molecule has 2 aromatic rings. The van der Waals surface area contributed by atoms with Gasteiger partial charge in [-0.3, -0.25) is 4.68 Å².